The van der Waals surface area contributed by atoms with E-state index < -0.39 is 18.1 Å². The zero-order chi connectivity index (χ0) is 14.7. The van der Waals surface area contributed by atoms with Crippen LogP contribution in [0.3, 0.4) is 0 Å². The number of para-hydroxylation sites is 2. The molecule has 1 aromatic heterocycles. The van der Waals surface area contributed by atoms with Crippen LogP contribution in [-0.2, 0) is 9.59 Å². The smallest absolute Gasteiger partial charge is 0.334 e. The second kappa shape index (κ2) is 5.70. The molecule has 7 heteroatoms. The van der Waals surface area contributed by atoms with E-state index in [9.17, 15) is 9.59 Å². The predicted molar refractivity (Wildman–Crippen MR) is 71.1 cm³/mol. The zero-order valence-electron chi connectivity index (χ0n) is 10.9. The minimum Gasteiger partial charge on any atom is -0.479 e. The van der Waals surface area contributed by atoms with Gasteiger partial charge in [0.15, 0.2) is 6.10 Å². The van der Waals surface area contributed by atoms with Gasteiger partial charge >= 0.3 is 5.97 Å². The van der Waals surface area contributed by atoms with Crippen molar-refractivity contribution < 1.29 is 19.8 Å². The number of imidazole rings is 1. The van der Waals surface area contributed by atoms with Gasteiger partial charge < -0.3 is 20.1 Å². The number of aliphatic hydroxyl groups is 1. The van der Waals surface area contributed by atoms with Gasteiger partial charge in [0.05, 0.1) is 23.9 Å². The summed E-state index contributed by atoms with van der Waals surface area (Å²) in [6, 6.07) is 6.83. The molecule has 2 atom stereocenters. The molecular weight excluding hydrogens is 262 g/mol. The molecule has 0 bridgehead atoms. The van der Waals surface area contributed by atoms with Gasteiger partial charge in [-0.05, 0) is 19.1 Å². The standard InChI is InChI=1S/C13H15N3O4/c1-8(12(18)14-6-11(17)13(19)20)16-7-15-9-4-2-3-5-10(9)16/h2-5,7-8,11,17H,6H2,1H3,(H,14,18)(H,19,20). The maximum Gasteiger partial charge on any atom is 0.334 e. The van der Waals surface area contributed by atoms with E-state index in [0.717, 1.165) is 11.0 Å². The molecule has 2 aromatic rings. The molecule has 0 fully saturated rings. The Kier molecular flexibility index (Phi) is 3.99. The molecule has 0 aliphatic carbocycles. The number of carboxylic acid groups (broad SMARTS) is 1. The molecule has 2 unspecified atom stereocenters. The van der Waals surface area contributed by atoms with E-state index in [2.05, 4.69) is 10.3 Å². The molecule has 106 valence electrons. The highest BCUT2D eigenvalue weighted by molar-refractivity contribution is 5.84. The van der Waals surface area contributed by atoms with Gasteiger partial charge in [-0.15, -0.1) is 0 Å². The van der Waals surface area contributed by atoms with Gasteiger partial charge in [0.2, 0.25) is 5.91 Å². The Bertz CT molecular complexity index is 637. The first kappa shape index (κ1) is 14.0. The third kappa shape index (κ3) is 2.77. The lowest BCUT2D eigenvalue weighted by Crippen LogP contribution is -2.39. The summed E-state index contributed by atoms with van der Waals surface area (Å²) in [6.45, 7) is 1.35. The third-order valence-corrected chi connectivity index (χ3v) is 3.03. The Morgan fingerprint density at radius 1 is 1.40 bits per heavy atom. The van der Waals surface area contributed by atoms with Crippen molar-refractivity contribution in [2.75, 3.05) is 6.54 Å². The topological polar surface area (TPSA) is 104 Å². The van der Waals surface area contributed by atoms with Crippen LogP contribution in [0.25, 0.3) is 11.0 Å². The molecule has 0 aliphatic heterocycles. The molecule has 7 nitrogen and oxygen atoms in total. The molecule has 1 aromatic carbocycles. The number of aliphatic carboxylic acids is 1. The number of aromatic nitrogens is 2. The Balaban J connectivity index is 2.09. The number of hydrogen-bond acceptors (Lipinski definition) is 4. The van der Waals surface area contributed by atoms with Crippen molar-refractivity contribution >= 4 is 22.9 Å². The molecule has 3 N–H and O–H groups in total. The normalized spacial score (nSPS) is 13.9. The van der Waals surface area contributed by atoms with Crippen LogP contribution in [0.4, 0.5) is 0 Å². The minimum absolute atomic E-state index is 0.328. The van der Waals surface area contributed by atoms with E-state index in [-0.39, 0.29) is 12.5 Å². The van der Waals surface area contributed by atoms with Crippen LogP contribution in [0, 0.1) is 0 Å². The van der Waals surface area contributed by atoms with Crippen molar-refractivity contribution in [1.29, 1.82) is 0 Å². The summed E-state index contributed by atoms with van der Waals surface area (Å²) >= 11 is 0. The van der Waals surface area contributed by atoms with Gasteiger partial charge in [-0.25, -0.2) is 9.78 Å². The molecule has 0 saturated carbocycles. The van der Waals surface area contributed by atoms with E-state index in [1.807, 2.05) is 24.3 Å². The van der Waals surface area contributed by atoms with E-state index >= 15 is 0 Å². The van der Waals surface area contributed by atoms with Crippen molar-refractivity contribution in [3.8, 4) is 0 Å². The fourth-order valence-corrected chi connectivity index (χ4v) is 1.85. The maximum atomic E-state index is 11.9. The second-order valence-corrected chi connectivity index (χ2v) is 4.42. The highest BCUT2D eigenvalue weighted by atomic mass is 16.4. The van der Waals surface area contributed by atoms with Crippen molar-refractivity contribution in [2.24, 2.45) is 0 Å². The molecule has 1 amide bonds. The summed E-state index contributed by atoms with van der Waals surface area (Å²) in [5.41, 5.74) is 1.59. The number of carboxylic acids is 1. The number of carbonyl (C=O) groups is 2. The van der Waals surface area contributed by atoms with Crippen molar-refractivity contribution in [1.82, 2.24) is 14.9 Å². The largest absolute Gasteiger partial charge is 0.479 e. The van der Waals surface area contributed by atoms with Gasteiger partial charge in [-0.3, -0.25) is 4.79 Å². The average Bonchev–Trinajstić information content (AvgIpc) is 2.87. The molecule has 20 heavy (non-hydrogen) atoms. The molecule has 2 rings (SSSR count). The highest BCUT2D eigenvalue weighted by Gasteiger charge is 2.19. The van der Waals surface area contributed by atoms with Crippen LogP contribution in [-0.4, -0.2) is 44.3 Å². The quantitative estimate of drug-likeness (QED) is 0.722. The molecule has 1 heterocycles. The van der Waals surface area contributed by atoms with Crippen LogP contribution >= 0.6 is 0 Å². The Morgan fingerprint density at radius 3 is 2.80 bits per heavy atom. The van der Waals surface area contributed by atoms with Crippen molar-refractivity contribution in [2.45, 2.75) is 19.1 Å². The summed E-state index contributed by atoms with van der Waals surface area (Å²) in [5, 5.41) is 20.1. The number of carbonyl (C=O) groups excluding carboxylic acids is 1. The van der Waals surface area contributed by atoms with Gasteiger partial charge in [0, 0.05) is 0 Å². The summed E-state index contributed by atoms with van der Waals surface area (Å²) in [5.74, 6) is -1.75. The summed E-state index contributed by atoms with van der Waals surface area (Å²) in [4.78, 5) is 26.6. The zero-order valence-corrected chi connectivity index (χ0v) is 10.9. The second-order valence-electron chi connectivity index (χ2n) is 4.42. The maximum absolute atomic E-state index is 11.9. The monoisotopic (exact) mass is 277 g/mol. The van der Waals surface area contributed by atoms with Crippen molar-refractivity contribution in [3.05, 3.63) is 30.6 Å². The first-order valence-electron chi connectivity index (χ1n) is 6.11. The number of amides is 1. The Hall–Kier alpha value is -2.41. The SMILES string of the molecule is CC(C(=O)NCC(O)C(=O)O)n1cnc2ccccc21. The number of nitrogens with one attached hydrogen (secondary N) is 1. The molecule has 0 saturated heterocycles. The number of aliphatic hydroxyl groups excluding tert-OH is 1. The lowest BCUT2D eigenvalue weighted by Gasteiger charge is -2.15. The van der Waals surface area contributed by atoms with Crippen LogP contribution < -0.4 is 5.32 Å². The van der Waals surface area contributed by atoms with Crippen LogP contribution in [0.1, 0.15) is 13.0 Å². The minimum atomic E-state index is -1.61. The number of fused-ring (bicyclic) bond motifs is 1. The number of nitrogens with zero attached hydrogens (tertiary/aromatic N) is 2. The van der Waals surface area contributed by atoms with Gasteiger partial charge in [0.1, 0.15) is 6.04 Å². The fourth-order valence-electron chi connectivity index (χ4n) is 1.85. The fraction of sp³-hybridized carbons (Fsp3) is 0.308. The van der Waals surface area contributed by atoms with E-state index in [4.69, 9.17) is 10.2 Å². The first-order chi connectivity index (χ1) is 9.50. The lowest BCUT2D eigenvalue weighted by molar-refractivity contribution is -0.146. The van der Waals surface area contributed by atoms with Gasteiger partial charge in [0.25, 0.3) is 0 Å². The van der Waals surface area contributed by atoms with Crippen molar-refractivity contribution in [3.63, 3.8) is 0 Å². The molecular formula is C13H15N3O4. The molecule has 0 radical (unpaired) electrons. The number of hydrogen-bond donors (Lipinski definition) is 3. The van der Waals surface area contributed by atoms with E-state index in [1.165, 1.54) is 0 Å². The van der Waals surface area contributed by atoms with E-state index in [1.54, 1.807) is 17.8 Å². The number of benzene rings is 1. The lowest BCUT2D eigenvalue weighted by atomic mass is 10.2. The number of rotatable bonds is 5. The van der Waals surface area contributed by atoms with Gasteiger partial charge in [-0.1, -0.05) is 12.1 Å². The van der Waals surface area contributed by atoms with Crippen LogP contribution in [0.15, 0.2) is 30.6 Å². The van der Waals surface area contributed by atoms with Crippen LogP contribution in [0.2, 0.25) is 0 Å². The Labute approximate surface area is 114 Å². The van der Waals surface area contributed by atoms with Gasteiger partial charge in [-0.2, -0.15) is 0 Å². The summed E-state index contributed by atoms with van der Waals surface area (Å²) < 4.78 is 1.69. The first-order valence-corrected chi connectivity index (χ1v) is 6.11. The predicted octanol–water partition coefficient (Wildman–Crippen LogP) is 0.159. The third-order valence-electron chi connectivity index (χ3n) is 3.03. The average molecular weight is 277 g/mol. The Morgan fingerprint density at radius 2 is 2.10 bits per heavy atom. The summed E-state index contributed by atoms with van der Waals surface area (Å²) in [6.07, 6.45) is -0.0478. The van der Waals surface area contributed by atoms with E-state index in [0.29, 0.717) is 0 Å². The molecule has 0 aliphatic rings. The molecule has 0 spiro atoms. The highest BCUT2D eigenvalue weighted by Crippen LogP contribution is 2.17. The summed E-state index contributed by atoms with van der Waals surface area (Å²) in [7, 11) is 0. The van der Waals surface area contributed by atoms with Crippen LogP contribution in [0.5, 0.6) is 0 Å².